The lowest BCUT2D eigenvalue weighted by Crippen LogP contribution is -2.03. The molecule has 0 spiro atoms. The van der Waals surface area contributed by atoms with Gasteiger partial charge in [-0.3, -0.25) is 0 Å². The Kier molecular flexibility index (Phi) is 2.38. The maximum Gasteiger partial charge on any atom is 0.139 e. The first-order valence-corrected chi connectivity index (χ1v) is 5.00. The fourth-order valence-corrected chi connectivity index (χ4v) is 1.96. The Labute approximate surface area is 92.7 Å². The zero-order valence-electron chi connectivity index (χ0n) is 7.93. The average molecular weight is 233 g/mol. The van der Waals surface area contributed by atoms with Crippen molar-refractivity contribution in [3.8, 4) is 5.75 Å². The van der Waals surface area contributed by atoms with Crippen LogP contribution in [-0.4, -0.2) is 13.7 Å². The van der Waals surface area contributed by atoms with Crippen molar-refractivity contribution in [2.75, 3.05) is 13.7 Å². The second-order valence-corrected chi connectivity index (χ2v) is 4.22. The summed E-state index contributed by atoms with van der Waals surface area (Å²) in [6, 6.07) is 3.69. The van der Waals surface area contributed by atoms with E-state index in [1.54, 1.807) is 13.2 Å². The second-order valence-electron chi connectivity index (χ2n) is 3.46. The standard InChI is InChI=1S/C10H10Cl2O2/c1-10(5-14-10)6-3-4-7(13-2)9(12)8(6)11/h3-4H,5H2,1-2H3. The highest BCUT2D eigenvalue weighted by molar-refractivity contribution is 6.43. The van der Waals surface area contributed by atoms with E-state index in [-0.39, 0.29) is 5.60 Å². The van der Waals surface area contributed by atoms with Crippen molar-refractivity contribution in [2.45, 2.75) is 12.5 Å². The molecule has 2 nitrogen and oxygen atoms in total. The van der Waals surface area contributed by atoms with Gasteiger partial charge in [0.15, 0.2) is 0 Å². The largest absolute Gasteiger partial charge is 0.495 e. The van der Waals surface area contributed by atoms with E-state index in [2.05, 4.69) is 0 Å². The summed E-state index contributed by atoms with van der Waals surface area (Å²) >= 11 is 12.1. The van der Waals surface area contributed by atoms with E-state index in [0.29, 0.717) is 22.4 Å². The molecule has 0 saturated carbocycles. The molecule has 1 aromatic rings. The molecule has 76 valence electrons. The molecule has 0 bridgehead atoms. The normalized spacial score (nSPS) is 24.9. The van der Waals surface area contributed by atoms with Gasteiger partial charge in [-0.05, 0) is 13.0 Å². The number of epoxide rings is 1. The van der Waals surface area contributed by atoms with Crippen molar-refractivity contribution in [3.05, 3.63) is 27.7 Å². The number of ether oxygens (including phenoxy) is 2. The Bertz CT molecular complexity index is 373. The molecule has 1 saturated heterocycles. The Hall–Kier alpha value is -0.440. The molecule has 0 radical (unpaired) electrons. The van der Waals surface area contributed by atoms with Crippen molar-refractivity contribution in [1.82, 2.24) is 0 Å². The molecular formula is C10H10Cl2O2. The smallest absolute Gasteiger partial charge is 0.139 e. The van der Waals surface area contributed by atoms with Gasteiger partial charge in [0.05, 0.1) is 18.7 Å². The summed E-state index contributed by atoms with van der Waals surface area (Å²) in [4.78, 5) is 0. The van der Waals surface area contributed by atoms with Gasteiger partial charge in [-0.2, -0.15) is 0 Å². The lowest BCUT2D eigenvalue weighted by Gasteiger charge is -2.11. The Morgan fingerprint density at radius 1 is 1.36 bits per heavy atom. The number of benzene rings is 1. The lowest BCUT2D eigenvalue weighted by atomic mass is 10.0. The van der Waals surface area contributed by atoms with Gasteiger partial charge >= 0.3 is 0 Å². The van der Waals surface area contributed by atoms with Crippen molar-refractivity contribution < 1.29 is 9.47 Å². The molecule has 0 aliphatic carbocycles. The van der Waals surface area contributed by atoms with Crippen LogP contribution in [0.2, 0.25) is 10.0 Å². The summed E-state index contributed by atoms with van der Waals surface area (Å²) in [5.41, 5.74) is 0.664. The van der Waals surface area contributed by atoms with Gasteiger partial charge in [0.25, 0.3) is 0 Å². The van der Waals surface area contributed by atoms with Crippen molar-refractivity contribution in [3.63, 3.8) is 0 Å². The van der Waals surface area contributed by atoms with Crippen LogP contribution in [0.3, 0.4) is 0 Å². The molecule has 1 unspecified atom stereocenters. The highest BCUT2D eigenvalue weighted by Gasteiger charge is 2.43. The van der Waals surface area contributed by atoms with Crippen LogP contribution in [0.1, 0.15) is 12.5 Å². The van der Waals surface area contributed by atoms with Gasteiger partial charge in [-0.15, -0.1) is 0 Å². The fraction of sp³-hybridized carbons (Fsp3) is 0.400. The average Bonchev–Trinajstić information content (AvgIpc) is 2.89. The number of methoxy groups -OCH3 is 1. The SMILES string of the molecule is COc1ccc(C2(C)CO2)c(Cl)c1Cl. The first kappa shape index (κ1) is 10.1. The Balaban J connectivity index is 2.49. The third-order valence-corrected chi connectivity index (χ3v) is 3.28. The Morgan fingerprint density at radius 2 is 2.00 bits per heavy atom. The quantitative estimate of drug-likeness (QED) is 0.731. The lowest BCUT2D eigenvalue weighted by molar-refractivity contribution is 0.329. The van der Waals surface area contributed by atoms with Crippen LogP contribution >= 0.6 is 23.2 Å². The number of hydrogen-bond acceptors (Lipinski definition) is 2. The highest BCUT2D eigenvalue weighted by atomic mass is 35.5. The molecular weight excluding hydrogens is 223 g/mol. The summed E-state index contributed by atoms with van der Waals surface area (Å²) < 4.78 is 10.4. The minimum Gasteiger partial charge on any atom is -0.495 e. The van der Waals surface area contributed by atoms with E-state index < -0.39 is 0 Å². The second kappa shape index (κ2) is 3.30. The molecule has 1 heterocycles. The molecule has 0 aromatic heterocycles. The fourth-order valence-electron chi connectivity index (χ4n) is 1.36. The molecule has 1 aliphatic heterocycles. The van der Waals surface area contributed by atoms with E-state index in [0.717, 1.165) is 5.56 Å². The monoisotopic (exact) mass is 232 g/mol. The molecule has 1 aliphatic rings. The summed E-state index contributed by atoms with van der Waals surface area (Å²) in [6.07, 6.45) is 0. The zero-order valence-corrected chi connectivity index (χ0v) is 9.45. The van der Waals surface area contributed by atoms with Crippen molar-refractivity contribution in [1.29, 1.82) is 0 Å². The first-order valence-electron chi connectivity index (χ1n) is 4.25. The van der Waals surface area contributed by atoms with Crippen molar-refractivity contribution in [2.24, 2.45) is 0 Å². The topological polar surface area (TPSA) is 21.8 Å². The van der Waals surface area contributed by atoms with E-state index in [4.69, 9.17) is 32.7 Å². The minimum atomic E-state index is -0.257. The van der Waals surface area contributed by atoms with Gasteiger partial charge in [0.1, 0.15) is 16.4 Å². The van der Waals surface area contributed by atoms with Gasteiger partial charge in [0, 0.05) is 5.56 Å². The van der Waals surface area contributed by atoms with Crippen LogP contribution in [0.4, 0.5) is 0 Å². The van der Waals surface area contributed by atoms with Gasteiger partial charge in [0.2, 0.25) is 0 Å². The summed E-state index contributed by atoms with van der Waals surface area (Å²) in [6.45, 7) is 2.67. The van der Waals surface area contributed by atoms with E-state index in [9.17, 15) is 0 Å². The van der Waals surface area contributed by atoms with Crippen LogP contribution in [0.25, 0.3) is 0 Å². The number of rotatable bonds is 2. The summed E-state index contributed by atoms with van der Waals surface area (Å²) in [7, 11) is 1.56. The van der Waals surface area contributed by atoms with Crippen LogP contribution in [0.5, 0.6) is 5.75 Å². The zero-order chi connectivity index (χ0) is 10.3. The third kappa shape index (κ3) is 1.48. The molecule has 1 fully saturated rings. The molecule has 1 aromatic carbocycles. The minimum absolute atomic E-state index is 0.257. The maximum atomic E-state index is 6.11. The van der Waals surface area contributed by atoms with Gasteiger partial charge in [-0.25, -0.2) is 0 Å². The summed E-state index contributed by atoms with van der Waals surface area (Å²) in [5.74, 6) is 0.588. The predicted molar refractivity (Wildman–Crippen MR) is 56.3 cm³/mol. The number of hydrogen-bond donors (Lipinski definition) is 0. The third-order valence-electron chi connectivity index (χ3n) is 2.41. The molecule has 0 N–H and O–H groups in total. The predicted octanol–water partition coefficient (Wildman–Crippen LogP) is 3.25. The molecule has 4 heteroatoms. The highest BCUT2D eigenvalue weighted by Crippen LogP contribution is 2.45. The van der Waals surface area contributed by atoms with Crippen LogP contribution in [0.15, 0.2) is 12.1 Å². The molecule has 0 amide bonds. The van der Waals surface area contributed by atoms with Crippen molar-refractivity contribution >= 4 is 23.2 Å². The van der Waals surface area contributed by atoms with Gasteiger partial charge < -0.3 is 9.47 Å². The van der Waals surface area contributed by atoms with E-state index in [1.807, 2.05) is 13.0 Å². The summed E-state index contributed by atoms with van der Waals surface area (Å²) in [5, 5.41) is 0.967. The van der Waals surface area contributed by atoms with Crippen LogP contribution in [0, 0.1) is 0 Å². The Morgan fingerprint density at radius 3 is 2.50 bits per heavy atom. The molecule has 2 rings (SSSR count). The van der Waals surface area contributed by atoms with Crippen LogP contribution < -0.4 is 4.74 Å². The van der Waals surface area contributed by atoms with E-state index in [1.165, 1.54) is 0 Å². The van der Waals surface area contributed by atoms with Gasteiger partial charge in [-0.1, -0.05) is 29.3 Å². The first-order chi connectivity index (χ1) is 6.58. The maximum absolute atomic E-state index is 6.11. The molecule has 14 heavy (non-hydrogen) atoms. The van der Waals surface area contributed by atoms with Crippen LogP contribution in [-0.2, 0) is 10.3 Å². The molecule has 1 atom stereocenters. The number of halogens is 2. The van der Waals surface area contributed by atoms with E-state index >= 15 is 0 Å².